The molecule has 3 aromatic carbocycles. The number of aromatic nitrogens is 1. The highest BCUT2D eigenvalue weighted by Crippen LogP contribution is 2.38. The van der Waals surface area contributed by atoms with Crippen LogP contribution in [0.5, 0.6) is 0 Å². The van der Waals surface area contributed by atoms with Crippen LogP contribution in [0.4, 0.5) is 11.4 Å². The van der Waals surface area contributed by atoms with Crippen LogP contribution in [0.3, 0.4) is 0 Å². The summed E-state index contributed by atoms with van der Waals surface area (Å²) in [5.41, 5.74) is 6.00. The lowest BCUT2D eigenvalue weighted by Gasteiger charge is -2.15. The van der Waals surface area contributed by atoms with Crippen molar-refractivity contribution in [2.45, 2.75) is 12.5 Å². The molecule has 0 saturated carbocycles. The summed E-state index contributed by atoms with van der Waals surface area (Å²) in [7, 11) is 4.08. The normalized spacial score (nSPS) is 15.7. The number of rotatable bonds is 5. The minimum Gasteiger partial charge on any atom is -0.325 e. The maximum atomic E-state index is 13.1. The number of aliphatic imine (C=N–C) groups is 1. The van der Waals surface area contributed by atoms with Crippen molar-refractivity contribution in [3.8, 4) is 0 Å². The Labute approximate surface area is 197 Å². The van der Waals surface area contributed by atoms with Gasteiger partial charge in [0.05, 0.1) is 16.9 Å². The number of fused-ring (bicyclic) bond motifs is 2. The molecule has 164 valence electrons. The van der Waals surface area contributed by atoms with E-state index < -0.39 is 5.92 Å². The number of carbonyl (C=O) groups excluding carboxylic acids is 1. The molecule has 0 aliphatic carbocycles. The summed E-state index contributed by atoms with van der Waals surface area (Å²) in [5.74, 6) is -0.656. The number of pyridine rings is 1. The van der Waals surface area contributed by atoms with E-state index in [1.165, 1.54) is 5.56 Å². The number of hydrogen-bond acceptors (Lipinski definition) is 4. The fraction of sp³-hybridized carbons (Fsp3) is 0.148. The molecule has 5 nitrogen and oxygen atoms in total. The average Bonchev–Trinajstić information content (AvgIpc) is 3.12. The second kappa shape index (κ2) is 8.77. The van der Waals surface area contributed by atoms with Gasteiger partial charge in [-0.25, -0.2) is 0 Å². The van der Waals surface area contributed by atoms with Gasteiger partial charge in [0.15, 0.2) is 0 Å². The number of amides is 1. The van der Waals surface area contributed by atoms with Crippen LogP contribution < -0.4 is 5.32 Å². The highest BCUT2D eigenvalue weighted by Gasteiger charge is 2.35. The number of anilines is 1. The van der Waals surface area contributed by atoms with E-state index in [9.17, 15) is 4.79 Å². The van der Waals surface area contributed by atoms with Crippen molar-refractivity contribution < 1.29 is 4.79 Å². The molecule has 1 aliphatic heterocycles. The number of hydrogen-bond donors (Lipinski definition) is 1. The summed E-state index contributed by atoms with van der Waals surface area (Å²) < 4.78 is 0. The first-order valence-corrected chi connectivity index (χ1v) is 11.1. The molecule has 33 heavy (non-hydrogen) atoms. The molecule has 2 heterocycles. The van der Waals surface area contributed by atoms with Crippen LogP contribution in [0, 0.1) is 0 Å². The molecular weight excluding hydrogens is 432 g/mol. The monoisotopic (exact) mass is 454 g/mol. The SMILES string of the molecule is CN(C)Cc1ccc(N=C(c2ccc3cccnc3c2)C2C(=O)Nc3cc(Cl)ccc32)cc1. The average molecular weight is 455 g/mol. The van der Waals surface area contributed by atoms with E-state index in [-0.39, 0.29) is 5.91 Å². The standard InChI is InChI=1S/C27H23ClN4O/c1-32(2)16-17-5-10-21(11-6-17)30-26(19-8-7-18-4-3-13-29-23(18)14-19)25-22-12-9-20(28)15-24(22)31-27(25)33/h3-15,25H,16H2,1-2H3,(H,31,33). The van der Waals surface area contributed by atoms with Gasteiger partial charge in [-0.3, -0.25) is 14.8 Å². The summed E-state index contributed by atoms with van der Waals surface area (Å²) in [4.78, 5) is 24.7. The summed E-state index contributed by atoms with van der Waals surface area (Å²) >= 11 is 6.17. The van der Waals surface area contributed by atoms with Crippen LogP contribution in [0.2, 0.25) is 5.02 Å². The Balaban J connectivity index is 1.64. The van der Waals surface area contributed by atoms with Gasteiger partial charge in [-0.15, -0.1) is 0 Å². The summed E-state index contributed by atoms with van der Waals surface area (Å²) in [6.07, 6.45) is 1.77. The summed E-state index contributed by atoms with van der Waals surface area (Å²) in [6, 6.07) is 23.6. The molecule has 0 spiro atoms. The number of nitrogens with one attached hydrogen (secondary N) is 1. The van der Waals surface area contributed by atoms with Crippen LogP contribution in [-0.2, 0) is 11.3 Å². The molecule has 1 amide bonds. The molecule has 0 radical (unpaired) electrons. The first-order chi connectivity index (χ1) is 16.0. The Morgan fingerprint density at radius 2 is 1.88 bits per heavy atom. The van der Waals surface area contributed by atoms with Crippen molar-refractivity contribution in [2.75, 3.05) is 19.4 Å². The second-order valence-electron chi connectivity index (χ2n) is 8.47. The molecule has 6 heteroatoms. The zero-order chi connectivity index (χ0) is 22.9. The predicted molar refractivity (Wildman–Crippen MR) is 135 cm³/mol. The van der Waals surface area contributed by atoms with Crippen molar-refractivity contribution in [3.63, 3.8) is 0 Å². The van der Waals surface area contributed by atoms with Crippen molar-refractivity contribution >= 4 is 45.5 Å². The van der Waals surface area contributed by atoms with Gasteiger partial charge in [0.25, 0.3) is 0 Å². The van der Waals surface area contributed by atoms with Gasteiger partial charge in [0, 0.05) is 28.8 Å². The van der Waals surface area contributed by atoms with Gasteiger partial charge in [-0.2, -0.15) is 0 Å². The maximum absolute atomic E-state index is 13.1. The van der Waals surface area contributed by atoms with Crippen LogP contribution >= 0.6 is 11.6 Å². The van der Waals surface area contributed by atoms with Crippen molar-refractivity contribution in [2.24, 2.45) is 4.99 Å². The van der Waals surface area contributed by atoms with Gasteiger partial charge in [-0.05, 0) is 67.2 Å². The third-order valence-electron chi connectivity index (χ3n) is 5.71. The van der Waals surface area contributed by atoms with Crippen LogP contribution in [0.15, 0.2) is 84.0 Å². The van der Waals surface area contributed by atoms with E-state index in [1.807, 2.05) is 68.7 Å². The van der Waals surface area contributed by atoms with Crippen molar-refractivity contribution in [1.82, 2.24) is 9.88 Å². The Bertz CT molecular complexity index is 1380. The lowest BCUT2D eigenvalue weighted by Crippen LogP contribution is -2.22. The molecule has 0 bridgehead atoms. The number of benzene rings is 3. The fourth-order valence-corrected chi connectivity index (χ4v) is 4.38. The lowest BCUT2D eigenvalue weighted by atomic mass is 9.90. The van der Waals surface area contributed by atoms with Crippen molar-refractivity contribution in [3.05, 3.63) is 101 Å². The smallest absolute Gasteiger partial charge is 0.238 e. The highest BCUT2D eigenvalue weighted by molar-refractivity contribution is 6.31. The molecular formula is C27H23ClN4O. The zero-order valence-corrected chi connectivity index (χ0v) is 19.2. The molecule has 0 saturated heterocycles. The summed E-state index contributed by atoms with van der Waals surface area (Å²) in [5, 5.41) is 4.59. The Morgan fingerprint density at radius 3 is 2.67 bits per heavy atom. The van der Waals surface area contributed by atoms with Crippen LogP contribution in [-0.4, -0.2) is 35.6 Å². The molecule has 5 rings (SSSR count). The number of halogens is 1. The molecule has 1 aromatic heterocycles. The van der Waals surface area contributed by atoms with E-state index >= 15 is 0 Å². The van der Waals surface area contributed by atoms with Gasteiger partial charge in [0.2, 0.25) is 5.91 Å². The third-order valence-corrected chi connectivity index (χ3v) is 5.94. The van der Waals surface area contributed by atoms with Gasteiger partial charge >= 0.3 is 0 Å². The molecule has 1 aliphatic rings. The van der Waals surface area contributed by atoms with Crippen molar-refractivity contribution in [1.29, 1.82) is 0 Å². The first kappa shape index (κ1) is 21.3. The number of nitrogens with zero attached hydrogens (tertiary/aromatic N) is 3. The maximum Gasteiger partial charge on any atom is 0.238 e. The number of carbonyl (C=O) groups is 1. The van der Waals surface area contributed by atoms with E-state index in [0.29, 0.717) is 10.7 Å². The molecule has 1 N–H and O–H groups in total. The highest BCUT2D eigenvalue weighted by atomic mass is 35.5. The van der Waals surface area contributed by atoms with E-state index in [0.717, 1.165) is 39.9 Å². The van der Waals surface area contributed by atoms with Gasteiger partial charge < -0.3 is 10.2 Å². The first-order valence-electron chi connectivity index (χ1n) is 10.8. The topological polar surface area (TPSA) is 57.6 Å². The Morgan fingerprint density at radius 1 is 1.06 bits per heavy atom. The Hall–Kier alpha value is -3.54. The molecule has 1 unspecified atom stereocenters. The van der Waals surface area contributed by atoms with E-state index in [4.69, 9.17) is 16.6 Å². The van der Waals surface area contributed by atoms with Gasteiger partial charge in [0.1, 0.15) is 5.92 Å². The van der Waals surface area contributed by atoms with Crippen LogP contribution in [0.25, 0.3) is 10.9 Å². The molecule has 1 atom stereocenters. The third kappa shape index (κ3) is 4.38. The van der Waals surface area contributed by atoms with Gasteiger partial charge in [-0.1, -0.05) is 48.0 Å². The summed E-state index contributed by atoms with van der Waals surface area (Å²) in [6.45, 7) is 0.854. The quantitative estimate of drug-likeness (QED) is 0.387. The van der Waals surface area contributed by atoms with E-state index in [2.05, 4.69) is 27.3 Å². The largest absolute Gasteiger partial charge is 0.325 e. The Kier molecular flexibility index (Phi) is 5.67. The minimum absolute atomic E-state index is 0.114. The second-order valence-corrected chi connectivity index (χ2v) is 8.90. The minimum atomic E-state index is -0.542. The molecule has 4 aromatic rings. The van der Waals surface area contributed by atoms with E-state index in [1.54, 1.807) is 12.3 Å². The predicted octanol–water partition coefficient (Wildman–Crippen LogP) is 5.81. The lowest BCUT2D eigenvalue weighted by molar-refractivity contribution is -0.115. The molecule has 0 fully saturated rings. The zero-order valence-electron chi connectivity index (χ0n) is 18.4. The van der Waals surface area contributed by atoms with Crippen LogP contribution in [0.1, 0.15) is 22.6 Å². The fourth-order valence-electron chi connectivity index (χ4n) is 4.21.